The van der Waals surface area contributed by atoms with Gasteiger partial charge in [0.25, 0.3) is 11.6 Å². The van der Waals surface area contributed by atoms with Crippen molar-refractivity contribution in [1.29, 1.82) is 0 Å². The first kappa shape index (κ1) is 18.3. The monoisotopic (exact) mass is 388 g/mol. The summed E-state index contributed by atoms with van der Waals surface area (Å²) in [7, 11) is 0. The Labute approximate surface area is 152 Å². The lowest BCUT2D eigenvalue weighted by molar-refractivity contribution is -0.384. The Morgan fingerprint density at radius 2 is 1.92 bits per heavy atom. The second kappa shape index (κ2) is 8.14. The van der Waals surface area contributed by atoms with Crippen LogP contribution < -0.4 is 10.6 Å². The normalized spacial score (nSPS) is 10.3. The molecular weight excluding hydrogens is 379 g/mol. The average molecular weight is 390 g/mol. The highest BCUT2D eigenvalue weighted by Gasteiger charge is 2.14. The summed E-state index contributed by atoms with van der Waals surface area (Å²) in [5.74, 6) is 0.00976. The number of nitro benzene ring substituents is 1. The topological polar surface area (TPSA) is 97.2 Å². The Bertz CT molecular complexity index is 786. The molecule has 0 radical (unpaired) electrons. The van der Waals surface area contributed by atoms with Crippen LogP contribution in [0.25, 0.3) is 0 Å². The molecule has 1 amide bonds. The maximum absolute atomic E-state index is 12.0. The van der Waals surface area contributed by atoms with Gasteiger partial charge in [-0.15, -0.1) is 0 Å². The van der Waals surface area contributed by atoms with Crippen molar-refractivity contribution in [3.8, 4) is 0 Å². The van der Waals surface area contributed by atoms with Crippen molar-refractivity contribution in [2.24, 2.45) is 0 Å². The SMILES string of the molecule is O=C(NCCNc1ncc(Cl)cc1Cl)c1ccc([N+](=O)[O-])cc1Cl. The number of non-ortho nitro benzene ring substituents is 1. The van der Waals surface area contributed by atoms with Gasteiger partial charge in [0.15, 0.2) is 0 Å². The Balaban J connectivity index is 1.88. The molecule has 0 atom stereocenters. The zero-order chi connectivity index (χ0) is 17.7. The number of carbonyl (C=O) groups is 1. The molecule has 0 aliphatic rings. The molecule has 0 saturated carbocycles. The summed E-state index contributed by atoms with van der Waals surface area (Å²) in [4.78, 5) is 26.1. The molecule has 2 aromatic rings. The molecule has 10 heteroatoms. The van der Waals surface area contributed by atoms with Crippen LogP contribution in [-0.2, 0) is 0 Å². The molecule has 0 saturated heterocycles. The van der Waals surface area contributed by atoms with E-state index in [1.54, 1.807) is 6.07 Å². The first-order chi connectivity index (χ1) is 11.4. The van der Waals surface area contributed by atoms with E-state index in [0.29, 0.717) is 22.4 Å². The maximum atomic E-state index is 12.0. The van der Waals surface area contributed by atoms with E-state index in [4.69, 9.17) is 34.8 Å². The number of amides is 1. The quantitative estimate of drug-likeness (QED) is 0.445. The van der Waals surface area contributed by atoms with Crippen LogP contribution in [0.15, 0.2) is 30.5 Å². The fourth-order valence-corrected chi connectivity index (χ4v) is 2.51. The lowest BCUT2D eigenvalue weighted by Gasteiger charge is -2.09. The summed E-state index contributed by atoms with van der Waals surface area (Å²) in [6.07, 6.45) is 1.45. The number of nitrogens with zero attached hydrogens (tertiary/aromatic N) is 2. The highest BCUT2D eigenvalue weighted by molar-refractivity contribution is 6.36. The fraction of sp³-hybridized carbons (Fsp3) is 0.143. The van der Waals surface area contributed by atoms with E-state index in [-0.39, 0.29) is 22.8 Å². The number of pyridine rings is 1. The predicted molar refractivity (Wildman–Crippen MR) is 93.2 cm³/mol. The van der Waals surface area contributed by atoms with E-state index in [0.717, 1.165) is 6.07 Å². The molecule has 24 heavy (non-hydrogen) atoms. The highest BCUT2D eigenvalue weighted by Crippen LogP contribution is 2.23. The molecule has 126 valence electrons. The van der Waals surface area contributed by atoms with Gasteiger partial charge >= 0.3 is 0 Å². The van der Waals surface area contributed by atoms with Crippen LogP contribution in [0.4, 0.5) is 11.5 Å². The summed E-state index contributed by atoms with van der Waals surface area (Å²) in [6.45, 7) is 0.636. The number of rotatable bonds is 6. The van der Waals surface area contributed by atoms with Crippen molar-refractivity contribution in [2.75, 3.05) is 18.4 Å². The summed E-state index contributed by atoms with van der Waals surface area (Å²) in [6, 6.07) is 5.21. The van der Waals surface area contributed by atoms with Crippen LogP contribution in [0.3, 0.4) is 0 Å². The van der Waals surface area contributed by atoms with Gasteiger partial charge in [-0.1, -0.05) is 34.8 Å². The van der Waals surface area contributed by atoms with E-state index in [1.807, 2.05) is 0 Å². The third kappa shape index (κ3) is 4.70. The van der Waals surface area contributed by atoms with Crippen molar-refractivity contribution in [3.05, 3.63) is 61.2 Å². The Morgan fingerprint density at radius 1 is 1.17 bits per heavy atom. The van der Waals surface area contributed by atoms with Gasteiger partial charge in [0.2, 0.25) is 0 Å². The van der Waals surface area contributed by atoms with Crippen molar-refractivity contribution >= 4 is 52.2 Å². The molecule has 0 spiro atoms. The van der Waals surface area contributed by atoms with Crippen molar-refractivity contribution in [3.63, 3.8) is 0 Å². The minimum Gasteiger partial charge on any atom is -0.367 e. The first-order valence-electron chi connectivity index (χ1n) is 6.65. The van der Waals surface area contributed by atoms with E-state index in [9.17, 15) is 14.9 Å². The van der Waals surface area contributed by atoms with Gasteiger partial charge in [-0.3, -0.25) is 14.9 Å². The van der Waals surface area contributed by atoms with Crippen LogP contribution in [-0.4, -0.2) is 28.9 Å². The third-order valence-electron chi connectivity index (χ3n) is 2.92. The van der Waals surface area contributed by atoms with Gasteiger partial charge in [0, 0.05) is 31.4 Å². The number of anilines is 1. The molecule has 0 aliphatic carbocycles. The molecule has 2 rings (SSSR count). The summed E-state index contributed by atoms with van der Waals surface area (Å²) >= 11 is 17.6. The van der Waals surface area contributed by atoms with Gasteiger partial charge in [0.1, 0.15) is 5.82 Å². The largest absolute Gasteiger partial charge is 0.367 e. The molecule has 0 unspecified atom stereocenters. The molecule has 7 nitrogen and oxygen atoms in total. The lowest BCUT2D eigenvalue weighted by atomic mass is 10.2. The fourth-order valence-electron chi connectivity index (χ4n) is 1.80. The minimum atomic E-state index is -0.583. The Kier molecular flexibility index (Phi) is 6.19. The summed E-state index contributed by atoms with van der Waals surface area (Å²) < 4.78 is 0. The van der Waals surface area contributed by atoms with Gasteiger partial charge in [0.05, 0.1) is 25.6 Å². The molecule has 2 N–H and O–H groups in total. The molecule has 1 heterocycles. The number of nitro groups is 1. The lowest BCUT2D eigenvalue weighted by Crippen LogP contribution is -2.29. The number of benzene rings is 1. The van der Waals surface area contributed by atoms with Crippen LogP contribution >= 0.6 is 34.8 Å². The minimum absolute atomic E-state index is 0.0112. The van der Waals surface area contributed by atoms with Crippen molar-refractivity contribution in [2.45, 2.75) is 0 Å². The van der Waals surface area contributed by atoms with Gasteiger partial charge in [-0.2, -0.15) is 0 Å². The Hall–Kier alpha value is -2.09. The number of carbonyl (C=O) groups excluding carboxylic acids is 1. The van der Waals surface area contributed by atoms with Crippen molar-refractivity contribution < 1.29 is 9.72 Å². The van der Waals surface area contributed by atoms with Gasteiger partial charge in [-0.05, 0) is 12.1 Å². The second-order valence-corrected chi connectivity index (χ2v) is 5.84. The van der Waals surface area contributed by atoms with E-state index < -0.39 is 10.8 Å². The first-order valence-corrected chi connectivity index (χ1v) is 7.79. The number of halogens is 3. The van der Waals surface area contributed by atoms with Crippen molar-refractivity contribution in [1.82, 2.24) is 10.3 Å². The van der Waals surface area contributed by atoms with Crippen LogP contribution in [0, 0.1) is 10.1 Å². The average Bonchev–Trinajstić information content (AvgIpc) is 2.52. The molecular formula is C14H11Cl3N4O3. The molecule has 0 aliphatic heterocycles. The molecule has 1 aromatic carbocycles. The summed E-state index contributed by atoms with van der Waals surface area (Å²) in [5, 5.41) is 17.0. The second-order valence-electron chi connectivity index (χ2n) is 4.59. The number of nitrogens with one attached hydrogen (secondary N) is 2. The zero-order valence-electron chi connectivity index (χ0n) is 12.1. The molecule has 0 bridgehead atoms. The number of hydrogen-bond acceptors (Lipinski definition) is 5. The smallest absolute Gasteiger partial charge is 0.270 e. The third-order valence-corrected chi connectivity index (χ3v) is 3.73. The predicted octanol–water partition coefficient (Wildman–Crippen LogP) is 3.79. The number of hydrogen-bond donors (Lipinski definition) is 2. The Morgan fingerprint density at radius 3 is 2.54 bits per heavy atom. The van der Waals surface area contributed by atoms with Gasteiger partial charge < -0.3 is 10.6 Å². The zero-order valence-corrected chi connectivity index (χ0v) is 14.3. The standard InChI is InChI=1S/C14H11Cl3N4O3/c15-8-5-12(17)13(20-7-8)18-3-4-19-14(22)10-2-1-9(21(23)24)6-11(10)16/h1-2,5-7H,3-4H2,(H,18,20)(H,19,22). The van der Waals surface area contributed by atoms with E-state index >= 15 is 0 Å². The molecule has 1 aromatic heterocycles. The summed E-state index contributed by atoms with van der Waals surface area (Å²) in [5.41, 5.74) is -0.0217. The van der Waals surface area contributed by atoms with Gasteiger partial charge in [-0.25, -0.2) is 4.98 Å². The molecule has 0 fully saturated rings. The van der Waals surface area contributed by atoms with E-state index in [2.05, 4.69) is 15.6 Å². The van der Waals surface area contributed by atoms with Crippen LogP contribution in [0.2, 0.25) is 15.1 Å². The number of aromatic nitrogens is 1. The maximum Gasteiger partial charge on any atom is 0.270 e. The van der Waals surface area contributed by atoms with Crippen LogP contribution in [0.5, 0.6) is 0 Å². The van der Waals surface area contributed by atoms with E-state index in [1.165, 1.54) is 18.3 Å². The van der Waals surface area contributed by atoms with Crippen LogP contribution in [0.1, 0.15) is 10.4 Å². The highest BCUT2D eigenvalue weighted by atomic mass is 35.5.